The normalized spacial score (nSPS) is 11.0. The van der Waals surface area contributed by atoms with Crippen LogP contribution in [0.2, 0.25) is 0 Å². The molecule has 2 rings (SSSR count). The smallest absolute Gasteiger partial charge is 0.140 e. The highest BCUT2D eigenvalue weighted by molar-refractivity contribution is 9.11. The summed E-state index contributed by atoms with van der Waals surface area (Å²) >= 11 is 6.97. The van der Waals surface area contributed by atoms with E-state index in [-0.39, 0.29) is 0 Å². The van der Waals surface area contributed by atoms with Gasteiger partial charge < -0.3 is 9.47 Å². The molecule has 5 heteroatoms. The van der Waals surface area contributed by atoms with E-state index in [2.05, 4.69) is 37.9 Å². The molecule has 0 N–H and O–H groups in total. The molecule has 0 radical (unpaired) electrons. The summed E-state index contributed by atoms with van der Waals surface area (Å²) in [5, 5.41) is 9.51. The fourth-order valence-electron chi connectivity index (χ4n) is 2.09. The van der Waals surface area contributed by atoms with Gasteiger partial charge >= 0.3 is 0 Å². The molecule has 0 spiro atoms. The maximum Gasteiger partial charge on any atom is 0.140 e. The van der Waals surface area contributed by atoms with Gasteiger partial charge in [-0.2, -0.15) is 5.26 Å². The molecular formula is C18H15Br2NO2. The van der Waals surface area contributed by atoms with Crippen LogP contribution in [-0.4, -0.2) is 13.7 Å². The largest absolute Gasteiger partial charge is 0.497 e. The first-order chi connectivity index (χ1) is 11.1. The number of hydrogen-bond acceptors (Lipinski definition) is 3. The second-order valence-corrected chi connectivity index (χ2v) is 6.41. The molecule has 2 aromatic rings. The maximum absolute atomic E-state index is 9.51. The van der Waals surface area contributed by atoms with Gasteiger partial charge in [-0.25, -0.2) is 0 Å². The van der Waals surface area contributed by atoms with Crippen molar-refractivity contribution in [1.29, 1.82) is 5.26 Å². The SMILES string of the molecule is CCOc1c(Br)cc(Br)cc1/C=C(\C#N)c1ccc(OC)cc1. The molecule has 118 valence electrons. The summed E-state index contributed by atoms with van der Waals surface area (Å²) in [6.45, 7) is 2.47. The molecule has 0 saturated heterocycles. The molecule has 0 fully saturated rings. The Bertz CT molecular complexity index is 762. The number of methoxy groups -OCH3 is 1. The van der Waals surface area contributed by atoms with Crippen LogP contribution in [0.4, 0.5) is 0 Å². The average Bonchev–Trinajstić information content (AvgIpc) is 2.55. The van der Waals surface area contributed by atoms with Crippen LogP contribution >= 0.6 is 31.9 Å². The van der Waals surface area contributed by atoms with E-state index in [4.69, 9.17) is 9.47 Å². The topological polar surface area (TPSA) is 42.2 Å². The predicted molar refractivity (Wildman–Crippen MR) is 99.5 cm³/mol. The van der Waals surface area contributed by atoms with Crippen LogP contribution in [0.5, 0.6) is 11.5 Å². The highest BCUT2D eigenvalue weighted by Crippen LogP contribution is 2.35. The lowest BCUT2D eigenvalue weighted by molar-refractivity contribution is 0.337. The molecule has 0 unspecified atom stereocenters. The quantitative estimate of drug-likeness (QED) is 0.447. The number of ether oxygens (including phenoxy) is 2. The molecule has 0 aliphatic heterocycles. The molecule has 23 heavy (non-hydrogen) atoms. The first-order valence-corrected chi connectivity index (χ1v) is 8.55. The van der Waals surface area contributed by atoms with Gasteiger partial charge in [0.15, 0.2) is 0 Å². The first-order valence-electron chi connectivity index (χ1n) is 6.97. The number of benzene rings is 2. The molecule has 0 aliphatic rings. The lowest BCUT2D eigenvalue weighted by Crippen LogP contribution is -1.96. The second kappa shape index (κ2) is 8.19. The zero-order valence-electron chi connectivity index (χ0n) is 12.8. The summed E-state index contributed by atoms with van der Waals surface area (Å²) in [4.78, 5) is 0. The molecule has 0 heterocycles. The molecule has 2 aromatic carbocycles. The Morgan fingerprint density at radius 2 is 1.91 bits per heavy atom. The van der Waals surface area contributed by atoms with Gasteiger partial charge in [0, 0.05) is 10.0 Å². The van der Waals surface area contributed by atoms with Crippen LogP contribution in [0.1, 0.15) is 18.1 Å². The van der Waals surface area contributed by atoms with Crippen molar-refractivity contribution in [2.24, 2.45) is 0 Å². The molecule has 0 aliphatic carbocycles. The Morgan fingerprint density at radius 1 is 1.22 bits per heavy atom. The monoisotopic (exact) mass is 435 g/mol. The molecule has 0 amide bonds. The Kier molecular flexibility index (Phi) is 6.26. The van der Waals surface area contributed by atoms with Crippen LogP contribution < -0.4 is 9.47 Å². The number of nitriles is 1. The van der Waals surface area contributed by atoms with Crippen LogP contribution in [0, 0.1) is 11.3 Å². The minimum Gasteiger partial charge on any atom is -0.497 e. The predicted octanol–water partition coefficient (Wildman–Crippen LogP) is 5.68. The minimum atomic E-state index is 0.547. The van der Waals surface area contributed by atoms with Crippen molar-refractivity contribution in [3.63, 3.8) is 0 Å². The zero-order valence-corrected chi connectivity index (χ0v) is 15.9. The second-order valence-electron chi connectivity index (χ2n) is 4.64. The van der Waals surface area contributed by atoms with E-state index >= 15 is 0 Å². The number of hydrogen-bond donors (Lipinski definition) is 0. The standard InChI is InChI=1S/C18H15Br2NO2/c1-3-23-18-13(9-15(19)10-17(18)20)8-14(11-21)12-4-6-16(22-2)7-5-12/h4-10H,3H2,1-2H3/b14-8+. The van der Waals surface area contributed by atoms with Crippen molar-refractivity contribution in [3.05, 3.63) is 56.5 Å². The Balaban J connectivity index is 2.50. The first kappa shape index (κ1) is 17.6. The zero-order chi connectivity index (χ0) is 16.8. The molecule has 3 nitrogen and oxygen atoms in total. The Labute approximate surface area is 152 Å². The van der Waals surface area contributed by atoms with E-state index in [0.717, 1.165) is 31.6 Å². The summed E-state index contributed by atoms with van der Waals surface area (Å²) in [6, 6.07) is 13.5. The molecule has 0 atom stereocenters. The van der Waals surface area contributed by atoms with Crippen molar-refractivity contribution in [2.75, 3.05) is 13.7 Å². The van der Waals surface area contributed by atoms with Crippen LogP contribution in [0.25, 0.3) is 11.6 Å². The summed E-state index contributed by atoms with van der Waals surface area (Å²) in [5.41, 5.74) is 2.21. The highest BCUT2D eigenvalue weighted by atomic mass is 79.9. The van der Waals surface area contributed by atoms with Crippen molar-refractivity contribution < 1.29 is 9.47 Å². The van der Waals surface area contributed by atoms with E-state index in [1.54, 1.807) is 7.11 Å². The lowest BCUT2D eigenvalue weighted by Gasteiger charge is -2.11. The van der Waals surface area contributed by atoms with E-state index < -0.39 is 0 Å². The third-order valence-electron chi connectivity index (χ3n) is 3.15. The highest BCUT2D eigenvalue weighted by Gasteiger charge is 2.10. The lowest BCUT2D eigenvalue weighted by atomic mass is 10.0. The van der Waals surface area contributed by atoms with E-state index in [1.807, 2.05) is 49.4 Å². The van der Waals surface area contributed by atoms with Gasteiger partial charge in [-0.3, -0.25) is 0 Å². The number of nitrogens with zero attached hydrogens (tertiary/aromatic N) is 1. The number of allylic oxidation sites excluding steroid dienone is 1. The van der Waals surface area contributed by atoms with Crippen molar-refractivity contribution >= 4 is 43.5 Å². The van der Waals surface area contributed by atoms with Crippen LogP contribution in [0.3, 0.4) is 0 Å². The summed E-state index contributed by atoms with van der Waals surface area (Å²) in [5.74, 6) is 1.48. The van der Waals surface area contributed by atoms with E-state index in [9.17, 15) is 5.26 Å². The number of rotatable bonds is 5. The number of halogens is 2. The van der Waals surface area contributed by atoms with Gasteiger partial charge in [0.1, 0.15) is 11.5 Å². The molecule has 0 bridgehead atoms. The van der Waals surface area contributed by atoms with E-state index in [0.29, 0.717) is 12.2 Å². The molecule has 0 aromatic heterocycles. The summed E-state index contributed by atoms with van der Waals surface area (Å²) < 4.78 is 12.6. The maximum atomic E-state index is 9.51. The van der Waals surface area contributed by atoms with Gasteiger partial charge in [0.25, 0.3) is 0 Å². The molecule has 0 saturated carbocycles. The van der Waals surface area contributed by atoms with E-state index in [1.165, 1.54) is 0 Å². The van der Waals surface area contributed by atoms with Crippen molar-refractivity contribution in [3.8, 4) is 17.6 Å². The van der Waals surface area contributed by atoms with Gasteiger partial charge in [0.2, 0.25) is 0 Å². The molecular weight excluding hydrogens is 422 g/mol. The minimum absolute atomic E-state index is 0.547. The third kappa shape index (κ3) is 4.37. The van der Waals surface area contributed by atoms with Crippen LogP contribution in [-0.2, 0) is 0 Å². The average molecular weight is 437 g/mol. The van der Waals surface area contributed by atoms with Gasteiger partial charge in [-0.1, -0.05) is 15.9 Å². The fourth-order valence-corrected chi connectivity index (χ4v) is 3.46. The summed E-state index contributed by atoms with van der Waals surface area (Å²) in [6.07, 6.45) is 1.82. The van der Waals surface area contributed by atoms with Crippen molar-refractivity contribution in [1.82, 2.24) is 0 Å². The van der Waals surface area contributed by atoms with Gasteiger partial charge in [0.05, 0.1) is 29.8 Å². The van der Waals surface area contributed by atoms with Gasteiger partial charge in [-0.15, -0.1) is 0 Å². The van der Waals surface area contributed by atoms with Gasteiger partial charge in [-0.05, 0) is 70.9 Å². The van der Waals surface area contributed by atoms with Crippen molar-refractivity contribution in [2.45, 2.75) is 6.92 Å². The van der Waals surface area contributed by atoms with Crippen LogP contribution in [0.15, 0.2) is 45.3 Å². The Morgan fingerprint density at radius 3 is 2.48 bits per heavy atom. The Hall–Kier alpha value is -1.77. The third-order valence-corrected chi connectivity index (χ3v) is 4.19. The summed E-state index contributed by atoms with van der Waals surface area (Å²) in [7, 11) is 1.61. The fraction of sp³-hybridized carbons (Fsp3) is 0.167.